The van der Waals surface area contributed by atoms with Crippen molar-refractivity contribution in [2.45, 2.75) is 73.5 Å². The van der Waals surface area contributed by atoms with Crippen LogP contribution in [0.15, 0.2) is 35.4 Å². The zero-order chi connectivity index (χ0) is 27.4. The van der Waals surface area contributed by atoms with Crippen LogP contribution in [0.25, 0.3) is 0 Å². The lowest BCUT2D eigenvalue weighted by Crippen LogP contribution is -2.46. The number of nitrogens with two attached hydrogens (primary N) is 1. The largest absolute Gasteiger partial charge is 0.501 e. The van der Waals surface area contributed by atoms with Crippen molar-refractivity contribution in [1.82, 2.24) is 14.7 Å². The first kappa shape index (κ1) is 26.7. The second-order valence-electron chi connectivity index (χ2n) is 10.6. The topological polar surface area (TPSA) is 134 Å². The van der Waals surface area contributed by atoms with Crippen molar-refractivity contribution in [2.75, 3.05) is 12.4 Å². The number of primary amides is 1. The van der Waals surface area contributed by atoms with Crippen LogP contribution in [0, 0.1) is 17.2 Å². The van der Waals surface area contributed by atoms with Crippen LogP contribution in [0.3, 0.4) is 0 Å². The highest BCUT2D eigenvalue weighted by molar-refractivity contribution is 7.92. The maximum absolute atomic E-state index is 12.8. The Hall–Kier alpha value is -2.93. The van der Waals surface area contributed by atoms with Crippen LogP contribution in [0.2, 0.25) is 0 Å². The van der Waals surface area contributed by atoms with Crippen molar-refractivity contribution in [3.8, 4) is 0 Å². The van der Waals surface area contributed by atoms with E-state index in [0.717, 1.165) is 42.5 Å². The average Bonchev–Trinajstić information content (AvgIpc) is 3.79. The second kappa shape index (κ2) is 9.67. The van der Waals surface area contributed by atoms with Crippen LogP contribution in [-0.2, 0) is 9.84 Å². The van der Waals surface area contributed by atoms with Crippen molar-refractivity contribution >= 4 is 33.0 Å². The third kappa shape index (κ3) is 5.18. The number of nitrogens with zero attached hydrogens (tertiary/aromatic N) is 3. The van der Waals surface area contributed by atoms with Crippen LogP contribution >= 0.6 is 0 Å². The van der Waals surface area contributed by atoms with Crippen LogP contribution in [0.5, 0.6) is 0 Å². The summed E-state index contributed by atoms with van der Waals surface area (Å²) in [5.41, 5.74) is 0.941. The van der Waals surface area contributed by atoms with E-state index in [1.54, 1.807) is 4.68 Å². The highest BCUT2D eigenvalue weighted by Gasteiger charge is 2.47. The normalized spacial score (nSPS) is 22.7. The van der Waals surface area contributed by atoms with Crippen LogP contribution in [0.1, 0.15) is 61.3 Å². The smallest absolute Gasteiger partial charge is 0.365 e. The fourth-order valence-electron chi connectivity index (χ4n) is 5.64. The van der Waals surface area contributed by atoms with Crippen molar-refractivity contribution in [1.29, 1.82) is 5.41 Å². The van der Waals surface area contributed by atoms with Gasteiger partial charge < -0.3 is 16.5 Å². The monoisotopic (exact) mass is 552 g/mol. The van der Waals surface area contributed by atoms with E-state index in [4.69, 9.17) is 11.1 Å². The molecule has 3 aliphatic carbocycles. The number of hydrogen-bond donors (Lipinski definition) is 3. The molecule has 0 unspecified atom stereocenters. The molecule has 0 aliphatic heterocycles. The van der Waals surface area contributed by atoms with E-state index in [0.29, 0.717) is 30.6 Å². The predicted octanol–water partition coefficient (Wildman–Crippen LogP) is 4.25. The van der Waals surface area contributed by atoms with E-state index in [-0.39, 0.29) is 23.1 Å². The summed E-state index contributed by atoms with van der Waals surface area (Å²) in [4.78, 5) is 13.7. The van der Waals surface area contributed by atoms with Gasteiger partial charge in [-0.3, -0.25) is 14.4 Å². The summed E-state index contributed by atoms with van der Waals surface area (Å²) in [5, 5.41) is 16.0. The fourth-order valence-corrected chi connectivity index (χ4v) is 6.40. The molecule has 206 valence electrons. The minimum atomic E-state index is -5.47. The molecular weight excluding hydrogens is 521 g/mol. The van der Waals surface area contributed by atoms with Gasteiger partial charge in [-0.2, -0.15) is 18.3 Å². The first-order valence-electron chi connectivity index (χ1n) is 12.7. The fraction of sp³-hybridized carbons (Fsp3) is 0.560. The van der Waals surface area contributed by atoms with Crippen LogP contribution in [-0.4, -0.2) is 59.4 Å². The minimum absolute atomic E-state index is 0.0616. The molecule has 0 spiro atoms. The molecule has 2 aromatic rings. The Morgan fingerprint density at radius 2 is 1.74 bits per heavy atom. The summed E-state index contributed by atoms with van der Waals surface area (Å²) in [7, 11) is -3.29. The number of carbonyl (C=O) groups excluding carboxylic acids is 1. The summed E-state index contributed by atoms with van der Waals surface area (Å²) in [5.74, 6) is 0.880. The van der Waals surface area contributed by atoms with Gasteiger partial charge in [-0.15, -0.1) is 0 Å². The van der Waals surface area contributed by atoms with E-state index in [1.807, 2.05) is 0 Å². The number of anilines is 2. The van der Waals surface area contributed by atoms with Crippen LogP contribution in [0.4, 0.5) is 24.7 Å². The molecule has 9 nitrogen and oxygen atoms in total. The number of halogens is 3. The zero-order valence-corrected chi connectivity index (χ0v) is 21.7. The molecule has 5 rings (SSSR count). The summed E-state index contributed by atoms with van der Waals surface area (Å²) in [6.07, 6.45) is 8.82. The molecule has 0 bridgehead atoms. The number of amides is 1. The number of hydrogen-bond acceptors (Lipinski definition) is 7. The van der Waals surface area contributed by atoms with Gasteiger partial charge in [0.25, 0.3) is 15.7 Å². The van der Waals surface area contributed by atoms with E-state index >= 15 is 0 Å². The maximum atomic E-state index is 12.8. The number of benzene rings is 1. The number of nitrogens with one attached hydrogen (secondary N) is 2. The van der Waals surface area contributed by atoms with Gasteiger partial charge in [-0.05, 0) is 81.7 Å². The molecular formula is C25H31F3N6O3S. The summed E-state index contributed by atoms with van der Waals surface area (Å²) in [6.45, 7) is 0. The Kier molecular flexibility index (Phi) is 6.79. The van der Waals surface area contributed by atoms with Gasteiger partial charge in [0.2, 0.25) is 0 Å². The van der Waals surface area contributed by atoms with Gasteiger partial charge >= 0.3 is 5.51 Å². The van der Waals surface area contributed by atoms with Crippen molar-refractivity contribution in [2.24, 2.45) is 17.6 Å². The third-order valence-corrected chi connectivity index (χ3v) is 9.44. The Labute approximate surface area is 219 Å². The number of aromatic nitrogens is 2. The molecule has 1 amide bonds. The lowest BCUT2D eigenvalue weighted by molar-refractivity contribution is -0.0436. The molecule has 1 heterocycles. The molecule has 13 heteroatoms. The van der Waals surface area contributed by atoms with E-state index in [9.17, 15) is 26.4 Å². The molecule has 3 saturated carbocycles. The van der Waals surface area contributed by atoms with Crippen molar-refractivity contribution in [3.05, 3.63) is 36.0 Å². The first-order chi connectivity index (χ1) is 17.9. The molecule has 3 fully saturated rings. The van der Waals surface area contributed by atoms with Crippen molar-refractivity contribution in [3.63, 3.8) is 0 Å². The summed E-state index contributed by atoms with van der Waals surface area (Å²) in [6, 6.07) is 4.52. The zero-order valence-electron chi connectivity index (χ0n) is 20.9. The lowest BCUT2D eigenvalue weighted by Gasteiger charge is -2.40. The van der Waals surface area contributed by atoms with Gasteiger partial charge in [0.05, 0.1) is 10.9 Å². The van der Waals surface area contributed by atoms with Gasteiger partial charge in [0.15, 0.2) is 5.82 Å². The number of alkyl halides is 3. The van der Waals surface area contributed by atoms with Gasteiger partial charge in [-0.1, -0.05) is 0 Å². The highest BCUT2D eigenvalue weighted by Crippen LogP contribution is 2.48. The Balaban J connectivity index is 1.30. The molecule has 0 saturated heterocycles. The lowest BCUT2D eigenvalue weighted by atomic mass is 9.87. The predicted molar refractivity (Wildman–Crippen MR) is 135 cm³/mol. The van der Waals surface area contributed by atoms with Crippen molar-refractivity contribution < 1.29 is 26.4 Å². The standard InChI is InChI=1S/C25H31F3N6O3S/c1-33(22(14-2-3-14)15-4-5-15)17-8-11-21(20(29)12-17)34-13-19(23(30)35)24(32-34)31-16-6-9-18(10-7-16)38(36,37)25(26,27)28/h6-7,9-10,13-15,17,21-22,29H,2-5,8,11-12H2,1H3,(H2,30,35)(H,31,32)/t17-,21+/m1/s1. The SMILES string of the molecule is CN(C(C1CC1)C1CC1)[C@@H]1CC[C@H](n2cc(C(N)=O)c(Nc3ccc(S(=O)(=O)C(F)(F)F)cc3)n2)C(=N)C1. The van der Waals surface area contributed by atoms with E-state index < -0.39 is 26.1 Å². The molecule has 2 atom stereocenters. The molecule has 4 N–H and O–H groups in total. The Bertz CT molecular complexity index is 1320. The third-order valence-electron chi connectivity index (χ3n) is 7.94. The molecule has 1 aromatic carbocycles. The Morgan fingerprint density at radius 1 is 1.13 bits per heavy atom. The summed E-state index contributed by atoms with van der Waals surface area (Å²) < 4.78 is 63.2. The van der Waals surface area contributed by atoms with Gasteiger partial charge in [0, 0.05) is 36.1 Å². The number of carbonyl (C=O) groups is 1. The molecule has 1 aromatic heterocycles. The van der Waals surface area contributed by atoms with E-state index in [1.165, 1.54) is 31.9 Å². The average molecular weight is 553 g/mol. The van der Waals surface area contributed by atoms with Crippen LogP contribution < -0.4 is 11.1 Å². The molecule has 38 heavy (non-hydrogen) atoms. The first-order valence-corrected chi connectivity index (χ1v) is 14.2. The number of rotatable bonds is 9. The van der Waals surface area contributed by atoms with E-state index in [2.05, 4.69) is 22.4 Å². The Morgan fingerprint density at radius 3 is 2.24 bits per heavy atom. The van der Waals surface area contributed by atoms with Gasteiger partial charge in [0.1, 0.15) is 5.56 Å². The van der Waals surface area contributed by atoms with Gasteiger partial charge in [-0.25, -0.2) is 8.42 Å². The molecule has 3 aliphatic rings. The number of sulfone groups is 1. The molecule has 0 radical (unpaired) electrons. The second-order valence-corrected chi connectivity index (χ2v) is 12.6. The minimum Gasteiger partial charge on any atom is -0.365 e. The highest BCUT2D eigenvalue weighted by atomic mass is 32.2. The summed E-state index contributed by atoms with van der Waals surface area (Å²) >= 11 is 0. The quantitative estimate of drug-likeness (QED) is 0.426. The maximum Gasteiger partial charge on any atom is 0.501 e.